The van der Waals surface area contributed by atoms with Crippen LogP contribution in [0, 0.1) is 19.8 Å². The number of benzene rings is 1. The maximum Gasteiger partial charge on any atom is 0.338 e. The van der Waals surface area contributed by atoms with E-state index in [1.165, 1.54) is 12.8 Å². The van der Waals surface area contributed by atoms with Crippen molar-refractivity contribution in [3.63, 3.8) is 0 Å². The van der Waals surface area contributed by atoms with Gasteiger partial charge in [-0.1, -0.05) is 17.2 Å². The molecule has 4 nitrogen and oxygen atoms in total. The summed E-state index contributed by atoms with van der Waals surface area (Å²) in [6, 6.07) is 5.68. The Bertz CT molecular complexity index is 500. The van der Waals surface area contributed by atoms with Crippen LogP contribution in [0.5, 0.6) is 0 Å². The quantitative estimate of drug-likeness (QED) is 0.839. The summed E-state index contributed by atoms with van der Waals surface area (Å²) in [5.41, 5.74) is 2.50. The normalized spacial score (nSPS) is 15.6. The molecule has 0 saturated heterocycles. The molecular formula is C16H21NO3. The predicted molar refractivity (Wildman–Crippen MR) is 76.5 cm³/mol. The van der Waals surface area contributed by atoms with E-state index in [2.05, 4.69) is 5.32 Å². The number of ether oxygens (including phenoxy) is 1. The van der Waals surface area contributed by atoms with Crippen LogP contribution >= 0.6 is 0 Å². The Morgan fingerprint density at radius 1 is 1.25 bits per heavy atom. The van der Waals surface area contributed by atoms with Gasteiger partial charge in [0.15, 0.2) is 6.61 Å². The molecule has 1 fully saturated rings. The van der Waals surface area contributed by atoms with E-state index in [0.717, 1.165) is 11.1 Å². The van der Waals surface area contributed by atoms with Crippen molar-refractivity contribution in [2.24, 2.45) is 5.92 Å². The minimum absolute atomic E-state index is 0.169. The van der Waals surface area contributed by atoms with Gasteiger partial charge in [-0.15, -0.1) is 0 Å². The molecule has 0 spiro atoms. The van der Waals surface area contributed by atoms with E-state index in [1.807, 2.05) is 26.8 Å². The zero-order valence-electron chi connectivity index (χ0n) is 12.2. The van der Waals surface area contributed by atoms with Crippen LogP contribution in [0.1, 0.15) is 41.3 Å². The highest BCUT2D eigenvalue weighted by atomic mass is 16.5. The molecular weight excluding hydrogens is 254 g/mol. The van der Waals surface area contributed by atoms with Gasteiger partial charge in [0.2, 0.25) is 0 Å². The van der Waals surface area contributed by atoms with E-state index < -0.39 is 5.97 Å². The van der Waals surface area contributed by atoms with Crippen molar-refractivity contribution in [3.8, 4) is 0 Å². The lowest BCUT2D eigenvalue weighted by atomic mass is 10.1. The molecule has 1 aliphatic carbocycles. The van der Waals surface area contributed by atoms with Crippen LogP contribution in [0.2, 0.25) is 0 Å². The molecule has 1 N–H and O–H groups in total. The topological polar surface area (TPSA) is 55.4 Å². The van der Waals surface area contributed by atoms with E-state index in [9.17, 15) is 9.59 Å². The summed E-state index contributed by atoms with van der Waals surface area (Å²) in [7, 11) is 0. The number of amides is 1. The third kappa shape index (κ3) is 4.08. The molecule has 1 aromatic carbocycles. The molecule has 1 aromatic rings. The third-order valence-corrected chi connectivity index (χ3v) is 3.51. The summed E-state index contributed by atoms with van der Waals surface area (Å²) < 4.78 is 5.05. The number of hydrogen-bond donors (Lipinski definition) is 1. The Morgan fingerprint density at radius 3 is 2.40 bits per heavy atom. The second-order valence-corrected chi connectivity index (χ2v) is 5.65. The van der Waals surface area contributed by atoms with Gasteiger partial charge in [-0.2, -0.15) is 0 Å². The highest BCUT2D eigenvalue weighted by molar-refractivity contribution is 5.91. The SMILES string of the molecule is Cc1cc(C)cc(C(=O)OCC(=O)N[C@@H](C)C2CC2)c1. The summed E-state index contributed by atoms with van der Waals surface area (Å²) in [6.07, 6.45) is 2.34. The van der Waals surface area contributed by atoms with Gasteiger partial charge < -0.3 is 10.1 Å². The molecule has 0 unspecified atom stereocenters. The molecule has 1 amide bonds. The van der Waals surface area contributed by atoms with Crippen LogP contribution in [0.25, 0.3) is 0 Å². The fraction of sp³-hybridized carbons (Fsp3) is 0.500. The Kier molecular flexibility index (Phi) is 4.42. The first kappa shape index (κ1) is 14.6. The molecule has 108 valence electrons. The van der Waals surface area contributed by atoms with Gasteiger partial charge in [-0.05, 0) is 51.7 Å². The van der Waals surface area contributed by atoms with Gasteiger partial charge in [0, 0.05) is 6.04 Å². The fourth-order valence-corrected chi connectivity index (χ4v) is 2.32. The minimum atomic E-state index is -0.453. The smallest absolute Gasteiger partial charge is 0.338 e. The highest BCUT2D eigenvalue weighted by Crippen LogP contribution is 2.32. The molecule has 2 rings (SSSR count). The highest BCUT2D eigenvalue weighted by Gasteiger charge is 2.28. The molecule has 0 radical (unpaired) electrons. The van der Waals surface area contributed by atoms with Crippen molar-refractivity contribution in [2.45, 2.75) is 39.7 Å². The van der Waals surface area contributed by atoms with Crippen molar-refractivity contribution < 1.29 is 14.3 Å². The maximum atomic E-state index is 11.9. The van der Waals surface area contributed by atoms with Crippen LogP contribution in [0.4, 0.5) is 0 Å². The van der Waals surface area contributed by atoms with Crippen molar-refractivity contribution in [1.29, 1.82) is 0 Å². The molecule has 20 heavy (non-hydrogen) atoms. The van der Waals surface area contributed by atoms with E-state index in [4.69, 9.17) is 4.74 Å². The summed E-state index contributed by atoms with van der Waals surface area (Å²) in [5, 5.41) is 2.86. The van der Waals surface area contributed by atoms with E-state index in [1.54, 1.807) is 12.1 Å². The standard InChI is InChI=1S/C16H21NO3/c1-10-6-11(2)8-14(7-10)16(19)20-9-15(18)17-12(3)13-4-5-13/h6-8,12-13H,4-5,9H2,1-3H3,(H,17,18)/t12-/m0/s1. The van der Waals surface area contributed by atoms with Crippen LogP contribution in [-0.2, 0) is 9.53 Å². The third-order valence-electron chi connectivity index (χ3n) is 3.51. The lowest BCUT2D eigenvalue weighted by molar-refractivity contribution is -0.124. The zero-order chi connectivity index (χ0) is 14.7. The van der Waals surface area contributed by atoms with Gasteiger partial charge in [0.25, 0.3) is 5.91 Å². The summed E-state index contributed by atoms with van der Waals surface area (Å²) in [4.78, 5) is 23.6. The molecule has 1 saturated carbocycles. The Labute approximate surface area is 119 Å². The Hall–Kier alpha value is -1.84. The molecule has 1 atom stereocenters. The second kappa shape index (κ2) is 6.07. The molecule has 0 bridgehead atoms. The van der Waals surface area contributed by atoms with Crippen molar-refractivity contribution in [2.75, 3.05) is 6.61 Å². The molecule has 0 aromatic heterocycles. The van der Waals surface area contributed by atoms with E-state index >= 15 is 0 Å². The van der Waals surface area contributed by atoms with Crippen LogP contribution < -0.4 is 5.32 Å². The first-order valence-electron chi connectivity index (χ1n) is 7.00. The maximum absolute atomic E-state index is 11.9. The minimum Gasteiger partial charge on any atom is -0.452 e. The van der Waals surface area contributed by atoms with Crippen molar-refractivity contribution in [3.05, 3.63) is 34.9 Å². The van der Waals surface area contributed by atoms with E-state index in [0.29, 0.717) is 11.5 Å². The van der Waals surface area contributed by atoms with Crippen molar-refractivity contribution >= 4 is 11.9 Å². The molecule has 1 aliphatic rings. The summed E-state index contributed by atoms with van der Waals surface area (Å²) in [6.45, 7) is 5.62. The lowest BCUT2D eigenvalue weighted by Gasteiger charge is -2.13. The number of aryl methyl sites for hydroxylation is 2. The second-order valence-electron chi connectivity index (χ2n) is 5.65. The number of rotatable bonds is 5. The van der Waals surface area contributed by atoms with Gasteiger partial charge in [0.1, 0.15) is 0 Å². The molecule has 4 heteroatoms. The summed E-state index contributed by atoms with van der Waals surface area (Å²) in [5.74, 6) is -0.0952. The van der Waals surface area contributed by atoms with Crippen LogP contribution in [0.15, 0.2) is 18.2 Å². The number of carbonyl (C=O) groups excluding carboxylic acids is 2. The van der Waals surface area contributed by atoms with Crippen LogP contribution in [0.3, 0.4) is 0 Å². The van der Waals surface area contributed by atoms with Gasteiger partial charge in [0.05, 0.1) is 5.56 Å². The monoisotopic (exact) mass is 275 g/mol. The van der Waals surface area contributed by atoms with E-state index in [-0.39, 0.29) is 18.6 Å². The number of nitrogens with one attached hydrogen (secondary N) is 1. The largest absolute Gasteiger partial charge is 0.452 e. The fourth-order valence-electron chi connectivity index (χ4n) is 2.32. The molecule has 0 aliphatic heterocycles. The van der Waals surface area contributed by atoms with Gasteiger partial charge >= 0.3 is 5.97 Å². The lowest BCUT2D eigenvalue weighted by Crippen LogP contribution is -2.37. The van der Waals surface area contributed by atoms with Crippen LogP contribution in [-0.4, -0.2) is 24.5 Å². The predicted octanol–water partition coefficient (Wildman–Crippen LogP) is 2.37. The van der Waals surface area contributed by atoms with Crippen molar-refractivity contribution in [1.82, 2.24) is 5.32 Å². The number of carbonyl (C=O) groups is 2. The molecule has 0 heterocycles. The average Bonchev–Trinajstić information content (AvgIpc) is 3.18. The number of esters is 1. The Morgan fingerprint density at radius 2 is 1.85 bits per heavy atom. The summed E-state index contributed by atoms with van der Waals surface area (Å²) >= 11 is 0. The number of hydrogen-bond acceptors (Lipinski definition) is 3. The Balaban J connectivity index is 1.83. The zero-order valence-corrected chi connectivity index (χ0v) is 12.2. The van der Waals surface area contributed by atoms with Gasteiger partial charge in [-0.3, -0.25) is 4.79 Å². The van der Waals surface area contributed by atoms with Gasteiger partial charge in [-0.25, -0.2) is 4.79 Å². The first-order chi connectivity index (χ1) is 9.45. The first-order valence-corrected chi connectivity index (χ1v) is 7.00. The average molecular weight is 275 g/mol.